The molecule has 34 heavy (non-hydrogen) atoms. The summed E-state index contributed by atoms with van der Waals surface area (Å²) in [6, 6.07) is 17.1. The SMILES string of the molecule is CCOc1cc(C=NNC(=O)c2cccc(NC(C)=O)c2)ccc1OCc1ccc(Cl)cc1Cl. The zero-order valence-corrected chi connectivity index (χ0v) is 20.1. The van der Waals surface area contributed by atoms with Gasteiger partial charge in [0.05, 0.1) is 12.8 Å². The van der Waals surface area contributed by atoms with Crippen LogP contribution in [-0.4, -0.2) is 24.6 Å². The van der Waals surface area contributed by atoms with Gasteiger partial charge in [-0.15, -0.1) is 0 Å². The molecule has 3 aromatic rings. The van der Waals surface area contributed by atoms with E-state index in [2.05, 4.69) is 15.8 Å². The standard InChI is InChI=1S/C25H23Cl2N3O4/c1-3-33-24-11-17(7-10-23(24)34-15-19-8-9-20(26)13-22(19)27)14-28-30-25(32)18-5-4-6-21(12-18)29-16(2)31/h4-14H,3,15H2,1-2H3,(H,29,31)(H,30,32). The minimum atomic E-state index is -0.409. The number of halogens is 2. The highest BCUT2D eigenvalue weighted by atomic mass is 35.5. The molecule has 3 aromatic carbocycles. The quantitative estimate of drug-likeness (QED) is 0.292. The average molecular weight is 500 g/mol. The van der Waals surface area contributed by atoms with E-state index in [1.54, 1.807) is 60.7 Å². The largest absolute Gasteiger partial charge is 0.490 e. The van der Waals surface area contributed by atoms with Crippen LogP contribution in [0.15, 0.2) is 65.8 Å². The van der Waals surface area contributed by atoms with Gasteiger partial charge in [0.15, 0.2) is 11.5 Å². The Bertz CT molecular complexity index is 1210. The van der Waals surface area contributed by atoms with Crippen LogP contribution in [0, 0.1) is 0 Å². The predicted octanol–water partition coefficient (Wildman–Crippen LogP) is 5.69. The smallest absolute Gasteiger partial charge is 0.271 e. The van der Waals surface area contributed by atoms with E-state index in [-0.39, 0.29) is 12.5 Å². The van der Waals surface area contributed by atoms with E-state index in [4.69, 9.17) is 32.7 Å². The third-order valence-electron chi connectivity index (χ3n) is 4.49. The van der Waals surface area contributed by atoms with Gasteiger partial charge in [0.2, 0.25) is 5.91 Å². The van der Waals surface area contributed by atoms with Crippen LogP contribution in [-0.2, 0) is 11.4 Å². The average Bonchev–Trinajstić information content (AvgIpc) is 2.79. The van der Waals surface area contributed by atoms with Crippen molar-refractivity contribution in [3.05, 3.63) is 87.4 Å². The highest BCUT2D eigenvalue weighted by Gasteiger charge is 2.09. The van der Waals surface area contributed by atoms with Crippen LogP contribution in [0.4, 0.5) is 5.69 Å². The lowest BCUT2D eigenvalue weighted by Gasteiger charge is -2.13. The minimum absolute atomic E-state index is 0.218. The van der Waals surface area contributed by atoms with Crippen LogP contribution in [0.2, 0.25) is 10.0 Å². The van der Waals surface area contributed by atoms with Crippen LogP contribution < -0.4 is 20.2 Å². The third kappa shape index (κ3) is 7.23. The fraction of sp³-hybridized carbons (Fsp3) is 0.160. The lowest BCUT2D eigenvalue weighted by molar-refractivity contribution is -0.114. The van der Waals surface area contributed by atoms with Crippen LogP contribution in [0.1, 0.15) is 35.3 Å². The van der Waals surface area contributed by atoms with Crippen molar-refractivity contribution in [1.82, 2.24) is 5.43 Å². The number of rotatable bonds is 9. The maximum atomic E-state index is 12.4. The highest BCUT2D eigenvalue weighted by Crippen LogP contribution is 2.30. The molecular weight excluding hydrogens is 477 g/mol. The molecule has 7 nitrogen and oxygen atoms in total. The van der Waals surface area contributed by atoms with Crippen LogP contribution in [0.5, 0.6) is 11.5 Å². The predicted molar refractivity (Wildman–Crippen MR) is 134 cm³/mol. The molecule has 2 amide bonds. The number of hydrogen-bond donors (Lipinski definition) is 2. The lowest BCUT2D eigenvalue weighted by Crippen LogP contribution is -2.18. The maximum absolute atomic E-state index is 12.4. The molecule has 0 saturated heterocycles. The summed E-state index contributed by atoms with van der Waals surface area (Å²) in [6.07, 6.45) is 1.50. The molecule has 3 rings (SSSR count). The van der Waals surface area contributed by atoms with Gasteiger partial charge in [-0.1, -0.05) is 35.3 Å². The zero-order valence-electron chi connectivity index (χ0n) is 18.6. The summed E-state index contributed by atoms with van der Waals surface area (Å²) < 4.78 is 11.6. The van der Waals surface area contributed by atoms with E-state index in [0.717, 1.165) is 5.56 Å². The molecule has 176 valence electrons. The van der Waals surface area contributed by atoms with E-state index in [0.29, 0.717) is 45.0 Å². The molecule has 0 heterocycles. The van der Waals surface area contributed by atoms with Crippen molar-refractivity contribution in [1.29, 1.82) is 0 Å². The van der Waals surface area contributed by atoms with Gasteiger partial charge in [-0.05, 0) is 61.0 Å². The molecule has 0 bridgehead atoms. The maximum Gasteiger partial charge on any atom is 0.271 e. The Hall–Kier alpha value is -3.55. The number of ether oxygens (including phenoxy) is 2. The molecule has 0 radical (unpaired) electrons. The van der Waals surface area contributed by atoms with Crippen molar-refractivity contribution in [2.24, 2.45) is 5.10 Å². The Morgan fingerprint density at radius 3 is 2.56 bits per heavy atom. The number of carbonyl (C=O) groups is 2. The first-order chi connectivity index (χ1) is 16.4. The Balaban J connectivity index is 1.66. The van der Waals surface area contributed by atoms with Crippen molar-refractivity contribution >= 4 is 46.9 Å². The Kier molecular flexibility index (Phi) is 8.90. The van der Waals surface area contributed by atoms with Crippen molar-refractivity contribution in [2.75, 3.05) is 11.9 Å². The molecule has 0 fully saturated rings. The number of anilines is 1. The molecular formula is C25H23Cl2N3O4. The molecule has 2 N–H and O–H groups in total. The summed E-state index contributed by atoms with van der Waals surface area (Å²) in [5, 5.41) is 7.73. The number of nitrogens with one attached hydrogen (secondary N) is 2. The molecule has 0 aliphatic rings. The second-order valence-electron chi connectivity index (χ2n) is 7.12. The van der Waals surface area contributed by atoms with Gasteiger partial charge in [0.25, 0.3) is 5.91 Å². The molecule has 0 atom stereocenters. The summed E-state index contributed by atoms with van der Waals surface area (Å²) in [4.78, 5) is 23.6. The third-order valence-corrected chi connectivity index (χ3v) is 5.08. The summed E-state index contributed by atoms with van der Waals surface area (Å²) in [5.41, 5.74) is 4.86. The highest BCUT2D eigenvalue weighted by molar-refractivity contribution is 6.35. The van der Waals surface area contributed by atoms with Crippen LogP contribution in [0.3, 0.4) is 0 Å². The van der Waals surface area contributed by atoms with E-state index < -0.39 is 5.91 Å². The first kappa shape index (κ1) is 25.1. The number of hydrogen-bond acceptors (Lipinski definition) is 5. The zero-order chi connectivity index (χ0) is 24.5. The van der Waals surface area contributed by atoms with Gasteiger partial charge in [0, 0.05) is 33.8 Å². The summed E-state index contributed by atoms with van der Waals surface area (Å²) in [6.45, 7) is 3.96. The van der Waals surface area contributed by atoms with Gasteiger partial charge < -0.3 is 14.8 Å². The van der Waals surface area contributed by atoms with E-state index in [1.165, 1.54) is 13.1 Å². The van der Waals surface area contributed by atoms with Crippen molar-refractivity contribution in [3.8, 4) is 11.5 Å². The molecule has 0 spiro atoms. The monoisotopic (exact) mass is 499 g/mol. The van der Waals surface area contributed by atoms with E-state index in [9.17, 15) is 9.59 Å². The van der Waals surface area contributed by atoms with Gasteiger partial charge in [-0.3, -0.25) is 9.59 Å². The molecule has 0 aromatic heterocycles. The fourth-order valence-electron chi connectivity index (χ4n) is 2.96. The second kappa shape index (κ2) is 12.1. The van der Waals surface area contributed by atoms with Crippen molar-refractivity contribution < 1.29 is 19.1 Å². The normalized spacial score (nSPS) is 10.7. The number of benzene rings is 3. The number of nitrogens with zero attached hydrogens (tertiary/aromatic N) is 1. The number of amides is 2. The van der Waals surface area contributed by atoms with Crippen molar-refractivity contribution in [2.45, 2.75) is 20.5 Å². The molecule has 0 aliphatic heterocycles. The molecule has 0 saturated carbocycles. The Morgan fingerprint density at radius 1 is 1.00 bits per heavy atom. The van der Waals surface area contributed by atoms with Crippen LogP contribution >= 0.6 is 23.2 Å². The second-order valence-corrected chi connectivity index (χ2v) is 7.97. The number of hydrazone groups is 1. The van der Waals surface area contributed by atoms with Crippen molar-refractivity contribution in [3.63, 3.8) is 0 Å². The van der Waals surface area contributed by atoms with Gasteiger partial charge in [-0.2, -0.15) is 5.10 Å². The summed E-state index contributed by atoms with van der Waals surface area (Å²) in [7, 11) is 0. The molecule has 0 unspecified atom stereocenters. The first-order valence-electron chi connectivity index (χ1n) is 10.4. The minimum Gasteiger partial charge on any atom is -0.490 e. The van der Waals surface area contributed by atoms with E-state index >= 15 is 0 Å². The molecule has 0 aliphatic carbocycles. The van der Waals surface area contributed by atoms with Gasteiger partial charge in [-0.25, -0.2) is 5.43 Å². The fourth-order valence-corrected chi connectivity index (χ4v) is 3.42. The Labute approximate surface area is 207 Å². The van der Waals surface area contributed by atoms with Gasteiger partial charge >= 0.3 is 0 Å². The summed E-state index contributed by atoms with van der Waals surface area (Å²) in [5.74, 6) is 0.451. The topological polar surface area (TPSA) is 89.0 Å². The molecule has 9 heteroatoms. The Morgan fingerprint density at radius 2 is 1.82 bits per heavy atom. The van der Waals surface area contributed by atoms with Gasteiger partial charge in [0.1, 0.15) is 6.61 Å². The lowest BCUT2D eigenvalue weighted by atomic mass is 10.2. The summed E-state index contributed by atoms with van der Waals surface area (Å²) >= 11 is 12.2. The van der Waals surface area contributed by atoms with Crippen LogP contribution in [0.25, 0.3) is 0 Å². The number of carbonyl (C=O) groups excluding carboxylic acids is 2. The van der Waals surface area contributed by atoms with E-state index in [1.807, 2.05) is 6.92 Å². The first-order valence-corrected chi connectivity index (χ1v) is 11.2.